The minimum atomic E-state index is -0.0909. The number of amides is 2. The first kappa shape index (κ1) is 64.9. The summed E-state index contributed by atoms with van der Waals surface area (Å²) in [6.07, 6.45) is 59.8. The molecule has 1 fully saturated rings. The van der Waals surface area contributed by atoms with Gasteiger partial charge >= 0.3 is 0 Å². The number of hydrogen-bond acceptors (Lipinski definition) is 4. The first-order valence-corrected chi connectivity index (χ1v) is 31.4. The van der Waals surface area contributed by atoms with Crippen LogP contribution in [0.1, 0.15) is 336 Å². The number of hydrogen-bond donors (Lipinski definition) is 1. The zero-order chi connectivity index (χ0) is 49.2. The normalized spacial score (nSPS) is 15.1. The second kappa shape index (κ2) is 50.8. The Morgan fingerprint density at radius 3 is 0.794 bits per heavy atom. The summed E-state index contributed by atoms with van der Waals surface area (Å²) in [5, 5.41) is 10.3. The lowest BCUT2D eigenvalue weighted by Gasteiger charge is -2.36. The van der Waals surface area contributed by atoms with Gasteiger partial charge in [-0.1, -0.05) is 246 Å². The molecule has 1 aliphatic rings. The third-order valence-corrected chi connectivity index (χ3v) is 15.7. The molecular weight excluding hydrogens is 835 g/mol. The van der Waals surface area contributed by atoms with Crippen molar-refractivity contribution in [1.82, 2.24) is 14.7 Å². The third kappa shape index (κ3) is 40.5. The molecule has 0 bridgehead atoms. The van der Waals surface area contributed by atoms with E-state index in [0.717, 1.165) is 90.4 Å². The highest BCUT2D eigenvalue weighted by atomic mass is 16.3. The summed E-state index contributed by atoms with van der Waals surface area (Å²) in [6, 6.07) is 0.648. The van der Waals surface area contributed by atoms with Crippen LogP contribution >= 0.6 is 0 Å². The van der Waals surface area contributed by atoms with Crippen LogP contribution in [0.5, 0.6) is 0 Å². The fourth-order valence-corrected chi connectivity index (χ4v) is 10.9. The Morgan fingerprint density at radius 1 is 0.309 bits per heavy atom. The monoisotopic (exact) mass is 958 g/mol. The molecule has 0 radical (unpaired) electrons. The van der Waals surface area contributed by atoms with Gasteiger partial charge in [0.05, 0.1) is 6.10 Å². The van der Waals surface area contributed by atoms with Crippen LogP contribution in [-0.4, -0.2) is 83.0 Å². The fourth-order valence-electron chi connectivity index (χ4n) is 10.9. The topological polar surface area (TPSA) is 64.1 Å². The van der Waals surface area contributed by atoms with Crippen molar-refractivity contribution >= 4 is 11.8 Å². The Labute approximate surface area is 426 Å². The quantitative estimate of drug-likeness (QED) is 0.0617. The number of nitrogens with zero attached hydrogens (tertiary/aromatic N) is 3. The molecule has 1 N–H and O–H groups in total. The molecule has 0 aromatic rings. The molecule has 6 nitrogen and oxygen atoms in total. The lowest BCUT2D eigenvalue weighted by atomic mass is 9.91. The van der Waals surface area contributed by atoms with Gasteiger partial charge in [-0.2, -0.15) is 0 Å². The van der Waals surface area contributed by atoms with Crippen molar-refractivity contribution < 1.29 is 14.7 Å². The van der Waals surface area contributed by atoms with E-state index in [4.69, 9.17) is 0 Å². The summed E-state index contributed by atoms with van der Waals surface area (Å²) in [7, 11) is 0. The van der Waals surface area contributed by atoms with Crippen LogP contribution in [0.2, 0.25) is 0 Å². The van der Waals surface area contributed by atoms with Gasteiger partial charge in [-0.05, 0) is 90.1 Å². The van der Waals surface area contributed by atoms with Crippen LogP contribution in [0.25, 0.3) is 0 Å². The van der Waals surface area contributed by atoms with Crippen LogP contribution < -0.4 is 0 Å². The molecule has 68 heavy (non-hydrogen) atoms. The summed E-state index contributed by atoms with van der Waals surface area (Å²) >= 11 is 0. The summed E-state index contributed by atoms with van der Waals surface area (Å²) in [5.74, 6) is 0.843. The van der Waals surface area contributed by atoms with E-state index in [0.29, 0.717) is 17.9 Å². The number of carbonyl (C=O) groups excluding carboxylic acids is 2. The van der Waals surface area contributed by atoms with Gasteiger partial charge in [0.25, 0.3) is 0 Å². The van der Waals surface area contributed by atoms with E-state index in [9.17, 15) is 14.7 Å². The van der Waals surface area contributed by atoms with Crippen molar-refractivity contribution in [2.45, 2.75) is 348 Å². The maximum absolute atomic E-state index is 13.4. The van der Waals surface area contributed by atoms with Crippen molar-refractivity contribution in [3.63, 3.8) is 0 Å². The number of aliphatic hydroxyl groups excluding tert-OH is 1. The second-order valence-electron chi connectivity index (χ2n) is 22.2. The van der Waals surface area contributed by atoms with Crippen molar-refractivity contribution in [3.05, 3.63) is 0 Å². The molecule has 0 aliphatic heterocycles. The highest BCUT2D eigenvalue weighted by molar-refractivity contribution is 5.76. The predicted molar refractivity (Wildman–Crippen MR) is 299 cm³/mol. The third-order valence-electron chi connectivity index (χ3n) is 15.7. The predicted octanol–water partition coefficient (Wildman–Crippen LogP) is 18.5. The Bertz CT molecular complexity index is 976. The van der Waals surface area contributed by atoms with Gasteiger partial charge in [-0.25, -0.2) is 0 Å². The molecule has 1 saturated carbocycles. The maximum atomic E-state index is 13.4. The van der Waals surface area contributed by atoms with E-state index < -0.39 is 0 Å². The van der Waals surface area contributed by atoms with Gasteiger partial charge in [0.15, 0.2) is 0 Å². The summed E-state index contributed by atoms with van der Waals surface area (Å²) in [6.45, 7) is 15.4. The molecule has 1 aliphatic carbocycles. The SMILES string of the molecule is CCCCCCCCCCN(CCCCCCCCN(CCCCCCCCN(CCCCCCCCCC)C(=O)CCCCCCCCC)C1CCC(O)CC1)C(=O)CCCCCCCCC. The van der Waals surface area contributed by atoms with E-state index in [2.05, 4.69) is 42.4 Å². The molecule has 0 heterocycles. The van der Waals surface area contributed by atoms with Crippen LogP contribution in [-0.2, 0) is 9.59 Å². The molecule has 1 rings (SSSR count). The van der Waals surface area contributed by atoms with Gasteiger partial charge in [0.1, 0.15) is 0 Å². The average molecular weight is 959 g/mol. The number of carbonyl (C=O) groups is 2. The standard InChI is InChI=1S/C62H123N3O3/c1-5-9-13-17-21-25-35-43-55-64(61(67)47-39-31-23-19-15-11-7-3)57-45-37-29-27-33-41-53-63(59-49-51-60(66)52-50-59)54-42-34-28-30-38-46-58-65(56-44-36-26-22-18-14-10-6-2)62(68)48-40-32-24-20-16-12-8-4/h59-60,66H,5-58H2,1-4H3. The Kier molecular flexibility index (Phi) is 48.5. The lowest BCUT2D eigenvalue weighted by molar-refractivity contribution is -0.132. The molecule has 0 saturated heterocycles. The van der Waals surface area contributed by atoms with E-state index in [-0.39, 0.29) is 6.10 Å². The summed E-state index contributed by atoms with van der Waals surface area (Å²) in [4.78, 5) is 34.0. The summed E-state index contributed by atoms with van der Waals surface area (Å²) in [5.41, 5.74) is 0. The van der Waals surface area contributed by atoms with E-state index in [1.165, 1.54) is 257 Å². The molecule has 0 unspecified atom stereocenters. The van der Waals surface area contributed by atoms with Gasteiger partial charge in [0, 0.05) is 45.1 Å². The molecule has 0 aromatic heterocycles. The first-order valence-electron chi connectivity index (χ1n) is 31.4. The lowest BCUT2D eigenvalue weighted by Crippen LogP contribution is -2.40. The van der Waals surface area contributed by atoms with Crippen LogP contribution in [0.15, 0.2) is 0 Å². The number of unbranched alkanes of at least 4 members (excludes halogenated alkanes) is 36. The smallest absolute Gasteiger partial charge is 0.222 e. The van der Waals surface area contributed by atoms with E-state index in [1.807, 2.05) is 0 Å². The molecule has 6 heteroatoms. The zero-order valence-electron chi connectivity index (χ0n) is 46.9. The molecule has 0 spiro atoms. The van der Waals surface area contributed by atoms with E-state index >= 15 is 0 Å². The Hall–Kier alpha value is -1.14. The first-order chi connectivity index (χ1) is 33.5. The van der Waals surface area contributed by atoms with Gasteiger partial charge < -0.3 is 19.8 Å². The van der Waals surface area contributed by atoms with Gasteiger partial charge in [-0.15, -0.1) is 0 Å². The highest BCUT2D eigenvalue weighted by Gasteiger charge is 2.24. The molecular formula is C62H123N3O3. The number of aliphatic hydroxyl groups is 1. The summed E-state index contributed by atoms with van der Waals surface area (Å²) < 4.78 is 0. The molecule has 2 amide bonds. The van der Waals surface area contributed by atoms with E-state index in [1.54, 1.807) is 0 Å². The van der Waals surface area contributed by atoms with Crippen molar-refractivity contribution in [2.75, 3.05) is 39.3 Å². The minimum absolute atomic E-state index is 0.0909. The highest BCUT2D eigenvalue weighted by Crippen LogP contribution is 2.25. The maximum Gasteiger partial charge on any atom is 0.222 e. The van der Waals surface area contributed by atoms with Crippen LogP contribution in [0, 0.1) is 0 Å². The van der Waals surface area contributed by atoms with Crippen LogP contribution in [0.4, 0.5) is 0 Å². The number of rotatable bonds is 53. The Balaban J connectivity index is 2.43. The molecule has 404 valence electrons. The molecule has 0 aromatic carbocycles. The van der Waals surface area contributed by atoms with Gasteiger partial charge in [-0.3, -0.25) is 9.59 Å². The minimum Gasteiger partial charge on any atom is -0.393 e. The zero-order valence-corrected chi connectivity index (χ0v) is 46.9. The van der Waals surface area contributed by atoms with Crippen LogP contribution in [0.3, 0.4) is 0 Å². The van der Waals surface area contributed by atoms with Crippen molar-refractivity contribution in [3.8, 4) is 0 Å². The largest absolute Gasteiger partial charge is 0.393 e. The average Bonchev–Trinajstić information content (AvgIpc) is 3.34. The van der Waals surface area contributed by atoms with Crippen molar-refractivity contribution in [1.29, 1.82) is 0 Å². The Morgan fingerprint density at radius 2 is 0.529 bits per heavy atom. The fraction of sp³-hybridized carbons (Fsp3) is 0.968. The van der Waals surface area contributed by atoms with Crippen molar-refractivity contribution in [2.24, 2.45) is 0 Å². The molecule has 0 atom stereocenters. The second-order valence-corrected chi connectivity index (χ2v) is 22.2. The van der Waals surface area contributed by atoms with Gasteiger partial charge in [0.2, 0.25) is 11.8 Å².